The Kier molecular flexibility index (Phi) is 17.7. The lowest BCUT2D eigenvalue weighted by Crippen LogP contribution is -3.12. The van der Waals surface area contributed by atoms with Gasteiger partial charge in [0.2, 0.25) is 0 Å². The number of quaternary nitrogens is 1. The fourth-order valence-corrected chi connectivity index (χ4v) is 2.24. The molecule has 0 radical (unpaired) electrons. The monoisotopic (exact) mass is 249 g/mol. The highest BCUT2D eigenvalue weighted by atomic mass is 35.5. The van der Waals surface area contributed by atoms with Crippen LogP contribution in [0.4, 0.5) is 0 Å². The standard InChI is InChI=1S/C14H31N.ClH/c1-4-7-8-9-10-11-14-15(12-5-2)13-6-3;/h4-14H2,1-3H3;1H. The molecule has 0 rings (SSSR count). The third kappa shape index (κ3) is 12.3. The first-order valence-electron chi connectivity index (χ1n) is 7.18. The van der Waals surface area contributed by atoms with E-state index in [4.69, 9.17) is 0 Å². The van der Waals surface area contributed by atoms with Crippen LogP contribution < -0.4 is 17.3 Å². The van der Waals surface area contributed by atoms with Gasteiger partial charge in [0.1, 0.15) is 0 Å². The van der Waals surface area contributed by atoms with Crippen LogP contribution in [-0.4, -0.2) is 19.6 Å². The van der Waals surface area contributed by atoms with Gasteiger partial charge in [-0.1, -0.05) is 46.5 Å². The van der Waals surface area contributed by atoms with Gasteiger partial charge in [-0.15, -0.1) is 0 Å². The fourth-order valence-electron chi connectivity index (χ4n) is 2.24. The molecular formula is C14H32ClN. The Hall–Kier alpha value is 0.250. The minimum Gasteiger partial charge on any atom is -1.00 e. The van der Waals surface area contributed by atoms with Gasteiger partial charge < -0.3 is 17.3 Å². The molecule has 0 aromatic heterocycles. The zero-order valence-electron chi connectivity index (χ0n) is 11.7. The molecule has 0 aliphatic rings. The van der Waals surface area contributed by atoms with Crippen LogP contribution in [0.15, 0.2) is 0 Å². The topological polar surface area (TPSA) is 4.44 Å². The molecule has 0 fully saturated rings. The van der Waals surface area contributed by atoms with Gasteiger partial charge in [-0.25, -0.2) is 0 Å². The van der Waals surface area contributed by atoms with E-state index in [0.29, 0.717) is 0 Å². The molecule has 1 N–H and O–H groups in total. The summed E-state index contributed by atoms with van der Waals surface area (Å²) in [4.78, 5) is 1.83. The minimum atomic E-state index is 0. The minimum absolute atomic E-state index is 0. The van der Waals surface area contributed by atoms with Crippen molar-refractivity contribution in [2.24, 2.45) is 0 Å². The third-order valence-corrected chi connectivity index (χ3v) is 3.09. The van der Waals surface area contributed by atoms with E-state index in [2.05, 4.69) is 20.8 Å². The van der Waals surface area contributed by atoms with Crippen molar-refractivity contribution in [2.45, 2.75) is 72.1 Å². The Balaban J connectivity index is 0. The summed E-state index contributed by atoms with van der Waals surface area (Å²) in [5.74, 6) is 0. The largest absolute Gasteiger partial charge is 1.00 e. The van der Waals surface area contributed by atoms with E-state index < -0.39 is 0 Å². The number of rotatable bonds is 11. The predicted octanol–water partition coefficient (Wildman–Crippen LogP) is 0.0558. The van der Waals surface area contributed by atoms with Crippen LogP contribution in [0.1, 0.15) is 72.1 Å². The Bertz CT molecular complexity index is 111. The Morgan fingerprint density at radius 2 is 1.06 bits per heavy atom. The van der Waals surface area contributed by atoms with Gasteiger partial charge in [0.05, 0.1) is 19.6 Å². The van der Waals surface area contributed by atoms with Crippen molar-refractivity contribution in [1.29, 1.82) is 0 Å². The zero-order chi connectivity index (χ0) is 11.4. The van der Waals surface area contributed by atoms with Crippen molar-refractivity contribution in [2.75, 3.05) is 19.6 Å². The molecule has 0 saturated heterocycles. The molecule has 0 atom stereocenters. The molecule has 0 saturated carbocycles. The fraction of sp³-hybridized carbons (Fsp3) is 1.00. The molecule has 0 spiro atoms. The van der Waals surface area contributed by atoms with E-state index >= 15 is 0 Å². The van der Waals surface area contributed by atoms with Crippen molar-refractivity contribution in [3.63, 3.8) is 0 Å². The summed E-state index contributed by atoms with van der Waals surface area (Å²) in [6.45, 7) is 11.1. The smallest absolute Gasteiger partial charge is 0.0770 e. The molecule has 0 unspecified atom stereocenters. The molecular weight excluding hydrogens is 218 g/mol. The van der Waals surface area contributed by atoms with Gasteiger partial charge in [-0.05, 0) is 25.7 Å². The van der Waals surface area contributed by atoms with E-state index in [0.717, 1.165) is 0 Å². The lowest BCUT2D eigenvalue weighted by Gasteiger charge is -2.17. The summed E-state index contributed by atoms with van der Waals surface area (Å²) in [6.07, 6.45) is 11.3. The van der Waals surface area contributed by atoms with Gasteiger partial charge in [0, 0.05) is 0 Å². The molecule has 0 aromatic rings. The lowest BCUT2D eigenvalue weighted by molar-refractivity contribution is -0.900. The molecule has 16 heavy (non-hydrogen) atoms. The maximum absolute atomic E-state index is 2.30. The van der Waals surface area contributed by atoms with Crippen LogP contribution in [0.5, 0.6) is 0 Å². The van der Waals surface area contributed by atoms with E-state index in [9.17, 15) is 0 Å². The van der Waals surface area contributed by atoms with Gasteiger partial charge >= 0.3 is 0 Å². The Labute approximate surface area is 109 Å². The van der Waals surface area contributed by atoms with Crippen molar-refractivity contribution in [3.05, 3.63) is 0 Å². The maximum Gasteiger partial charge on any atom is 0.0770 e. The van der Waals surface area contributed by atoms with Crippen LogP contribution in [0.3, 0.4) is 0 Å². The summed E-state index contributed by atoms with van der Waals surface area (Å²) in [5.41, 5.74) is 0. The number of hydrogen-bond acceptors (Lipinski definition) is 0. The maximum atomic E-state index is 2.30. The first kappa shape index (κ1) is 18.6. The number of halogens is 1. The van der Waals surface area contributed by atoms with Gasteiger partial charge in [0.25, 0.3) is 0 Å². The second-order valence-electron chi connectivity index (χ2n) is 4.77. The van der Waals surface area contributed by atoms with Crippen molar-refractivity contribution >= 4 is 0 Å². The summed E-state index contributed by atoms with van der Waals surface area (Å²) in [6, 6.07) is 0. The molecule has 0 amide bonds. The van der Waals surface area contributed by atoms with Crippen molar-refractivity contribution < 1.29 is 17.3 Å². The summed E-state index contributed by atoms with van der Waals surface area (Å²) >= 11 is 0. The third-order valence-electron chi connectivity index (χ3n) is 3.09. The first-order chi connectivity index (χ1) is 7.35. The van der Waals surface area contributed by atoms with Crippen molar-refractivity contribution in [1.82, 2.24) is 0 Å². The molecule has 2 heteroatoms. The lowest BCUT2D eigenvalue weighted by atomic mass is 10.1. The van der Waals surface area contributed by atoms with E-state index in [-0.39, 0.29) is 12.4 Å². The SMILES string of the molecule is CCCCCCCC[NH+](CCC)CCC.[Cl-]. The van der Waals surface area contributed by atoms with Crippen LogP contribution >= 0.6 is 0 Å². The molecule has 0 heterocycles. The zero-order valence-corrected chi connectivity index (χ0v) is 12.4. The molecule has 1 nitrogen and oxygen atoms in total. The predicted molar refractivity (Wildman–Crippen MR) is 69.5 cm³/mol. The molecule has 100 valence electrons. The van der Waals surface area contributed by atoms with Gasteiger partial charge in [-0.2, -0.15) is 0 Å². The van der Waals surface area contributed by atoms with E-state index in [1.54, 1.807) is 0 Å². The highest BCUT2D eigenvalue weighted by Crippen LogP contribution is 2.03. The van der Waals surface area contributed by atoms with Crippen LogP contribution in [0, 0.1) is 0 Å². The first-order valence-corrected chi connectivity index (χ1v) is 7.18. The van der Waals surface area contributed by atoms with Crippen LogP contribution in [0.2, 0.25) is 0 Å². The average molecular weight is 250 g/mol. The van der Waals surface area contributed by atoms with Crippen LogP contribution in [0.25, 0.3) is 0 Å². The van der Waals surface area contributed by atoms with Crippen molar-refractivity contribution in [3.8, 4) is 0 Å². The molecule has 0 aromatic carbocycles. The summed E-state index contributed by atoms with van der Waals surface area (Å²) < 4.78 is 0. The highest BCUT2D eigenvalue weighted by molar-refractivity contribution is 4.43. The number of nitrogens with one attached hydrogen (secondary N) is 1. The van der Waals surface area contributed by atoms with Gasteiger partial charge in [-0.3, -0.25) is 0 Å². The second-order valence-corrected chi connectivity index (χ2v) is 4.77. The number of hydrogen-bond donors (Lipinski definition) is 1. The van der Waals surface area contributed by atoms with E-state index in [1.165, 1.54) is 71.0 Å². The second kappa shape index (κ2) is 15.2. The number of unbranched alkanes of at least 4 members (excludes halogenated alkanes) is 5. The normalized spacial score (nSPS) is 10.5. The molecule has 0 aliphatic heterocycles. The Morgan fingerprint density at radius 3 is 1.56 bits per heavy atom. The molecule has 0 aliphatic carbocycles. The van der Waals surface area contributed by atoms with E-state index in [1.807, 2.05) is 4.90 Å². The quantitative estimate of drug-likeness (QED) is 0.494. The summed E-state index contributed by atoms with van der Waals surface area (Å²) in [7, 11) is 0. The highest BCUT2D eigenvalue weighted by Gasteiger charge is 2.04. The average Bonchev–Trinajstić information content (AvgIpc) is 2.24. The van der Waals surface area contributed by atoms with Gasteiger partial charge in [0.15, 0.2) is 0 Å². The summed E-state index contributed by atoms with van der Waals surface area (Å²) in [5, 5.41) is 0. The molecule has 0 bridgehead atoms. The Morgan fingerprint density at radius 1 is 0.562 bits per heavy atom. The van der Waals surface area contributed by atoms with Crippen LogP contribution in [-0.2, 0) is 0 Å².